The van der Waals surface area contributed by atoms with Crippen molar-refractivity contribution in [2.45, 2.75) is 57.7 Å². The van der Waals surface area contributed by atoms with E-state index in [9.17, 15) is 19.5 Å². The lowest BCUT2D eigenvalue weighted by molar-refractivity contribution is -0.144. The molecule has 4 atom stereocenters. The molecule has 0 bridgehead atoms. The van der Waals surface area contributed by atoms with Gasteiger partial charge in [-0.05, 0) is 37.2 Å². The Morgan fingerprint density at radius 1 is 1.42 bits per heavy atom. The number of hydrogen-bond donors (Lipinski definition) is 3. The van der Waals surface area contributed by atoms with E-state index in [2.05, 4.69) is 5.32 Å². The lowest BCUT2D eigenvalue weighted by Gasteiger charge is -2.29. The third-order valence-electron chi connectivity index (χ3n) is 4.61. The van der Waals surface area contributed by atoms with Crippen LogP contribution in [0.3, 0.4) is 0 Å². The Bertz CT molecular complexity index is 461. The number of carboxylic acids is 1. The summed E-state index contributed by atoms with van der Waals surface area (Å²) >= 11 is 1.53. The third-order valence-corrected chi connectivity index (χ3v) is 5.25. The highest BCUT2D eigenvalue weighted by molar-refractivity contribution is 7.98. The van der Waals surface area contributed by atoms with Gasteiger partial charge >= 0.3 is 5.97 Å². The molecule has 0 aromatic heterocycles. The van der Waals surface area contributed by atoms with E-state index in [1.165, 1.54) is 16.7 Å². The van der Waals surface area contributed by atoms with Crippen LogP contribution in [0.2, 0.25) is 0 Å². The van der Waals surface area contributed by atoms with Crippen molar-refractivity contribution in [1.29, 1.82) is 0 Å². The molecule has 1 fully saturated rings. The summed E-state index contributed by atoms with van der Waals surface area (Å²) in [5.41, 5.74) is 6.01. The van der Waals surface area contributed by atoms with Crippen molar-refractivity contribution in [3.8, 4) is 0 Å². The summed E-state index contributed by atoms with van der Waals surface area (Å²) in [6, 6.07) is -2.18. The van der Waals surface area contributed by atoms with Crippen LogP contribution in [-0.4, -0.2) is 64.5 Å². The molecule has 0 spiro atoms. The van der Waals surface area contributed by atoms with Crippen LogP contribution in [0.1, 0.15) is 39.5 Å². The molecule has 1 aliphatic rings. The molecule has 0 aromatic rings. The molecule has 0 aliphatic carbocycles. The van der Waals surface area contributed by atoms with Gasteiger partial charge in [0, 0.05) is 6.54 Å². The zero-order valence-corrected chi connectivity index (χ0v) is 15.5. The zero-order chi connectivity index (χ0) is 18.3. The zero-order valence-electron chi connectivity index (χ0n) is 14.7. The topological polar surface area (TPSA) is 113 Å². The maximum absolute atomic E-state index is 12.6. The van der Waals surface area contributed by atoms with Crippen molar-refractivity contribution < 1.29 is 19.5 Å². The number of nitrogens with two attached hydrogens (primary N) is 1. The molecule has 1 rings (SSSR count). The van der Waals surface area contributed by atoms with Crippen molar-refractivity contribution in [1.82, 2.24) is 10.2 Å². The summed E-state index contributed by atoms with van der Waals surface area (Å²) in [5, 5.41) is 11.8. The molecule has 4 N–H and O–H groups in total. The number of carbonyl (C=O) groups excluding carboxylic acids is 2. The Kier molecular flexibility index (Phi) is 8.55. The number of hydrogen-bond acceptors (Lipinski definition) is 5. The number of likely N-dealkylation sites (tertiary alicyclic amines) is 1. The Morgan fingerprint density at radius 2 is 2.08 bits per heavy atom. The highest BCUT2D eigenvalue weighted by atomic mass is 32.2. The fourth-order valence-electron chi connectivity index (χ4n) is 2.75. The van der Waals surface area contributed by atoms with E-state index in [4.69, 9.17) is 5.73 Å². The molecule has 0 radical (unpaired) electrons. The summed E-state index contributed by atoms with van der Waals surface area (Å²) < 4.78 is 0. The average molecular weight is 359 g/mol. The van der Waals surface area contributed by atoms with Crippen molar-refractivity contribution in [3.63, 3.8) is 0 Å². The molecule has 24 heavy (non-hydrogen) atoms. The van der Waals surface area contributed by atoms with Crippen LogP contribution in [0.25, 0.3) is 0 Å². The minimum absolute atomic E-state index is 0.0372. The number of aliphatic carboxylic acids is 1. The smallest absolute Gasteiger partial charge is 0.326 e. The summed E-state index contributed by atoms with van der Waals surface area (Å²) in [7, 11) is 0. The van der Waals surface area contributed by atoms with Crippen LogP contribution in [0, 0.1) is 5.92 Å². The summed E-state index contributed by atoms with van der Waals surface area (Å²) in [6.07, 6.45) is 4.29. The van der Waals surface area contributed by atoms with Crippen molar-refractivity contribution in [2.75, 3.05) is 18.6 Å². The maximum atomic E-state index is 12.6. The van der Waals surface area contributed by atoms with E-state index < -0.39 is 30.0 Å². The van der Waals surface area contributed by atoms with E-state index in [0.29, 0.717) is 25.1 Å². The molecule has 8 heteroatoms. The standard InChI is InChI=1S/C16H29N3O4S/c1-4-10(2)13(17)15(21)19-8-5-6-12(19)14(20)18-11(16(22)23)7-9-24-3/h10-13H,4-9,17H2,1-3H3,(H,18,20)(H,22,23). The fraction of sp³-hybridized carbons (Fsp3) is 0.812. The molecule has 1 aliphatic heterocycles. The van der Waals surface area contributed by atoms with Crippen LogP contribution in [0.4, 0.5) is 0 Å². The van der Waals surface area contributed by atoms with Gasteiger partial charge in [-0.2, -0.15) is 11.8 Å². The predicted molar refractivity (Wildman–Crippen MR) is 94.7 cm³/mol. The second-order valence-electron chi connectivity index (χ2n) is 6.28. The van der Waals surface area contributed by atoms with E-state index in [1.54, 1.807) is 0 Å². The number of nitrogens with zero attached hydrogens (tertiary/aromatic N) is 1. The van der Waals surface area contributed by atoms with Gasteiger partial charge in [-0.1, -0.05) is 20.3 Å². The second kappa shape index (κ2) is 9.88. The van der Waals surface area contributed by atoms with Crippen LogP contribution in [-0.2, 0) is 14.4 Å². The van der Waals surface area contributed by atoms with Crippen molar-refractivity contribution in [3.05, 3.63) is 0 Å². The van der Waals surface area contributed by atoms with Gasteiger partial charge in [0.05, 0.1) is 6.04 Å². The molecular weight excluding hydrogens is 330 g/mol. The second-order valence-corrected chi connectivity index (χ2v) is 7.27. The summed E-state index contributed by atoms with van der Waals surface area (Å²) in [5.74, 6) is -0.993. The molecule has 1 saturated heterocycles. The molecule has 0 aromatic carbocycles. The van der Waals surface area contributed by atoms with Crippen molar-refractivity contribution in [2.24, 2.45) is 11.7 Å². The maximum Gasteiger partial charge on any atom is 0.326 e. The van der Waals surface area contributed by atoms with Gasteiger partial charge in [0.2, 0.25) is 11.8 Å². The van der Waals surface area contributed by atoms with Gasteiger partial charge in [0.1, 0.15) is 12.1 Å². The minimum atomic E-state index is -1.05. The number of rotatable bonds is 9. The fourth-order valence-corrected chi connectivity index (χ4v) is 3.22. The average Bonchev–Trinajstić information content (AvgIpc) is 3.05. The van der Waals surface area contributed by atoms with E-state index in [-0.39, 0.29) is 11.8 Å². The van der Waals surface area contributed by atoms with Crippen LogP contribution < -0.4 is 11.1 Å². The minimum Gasteiger partial charge on any atom is -0.480 e. The molecular formula is C16H29N3O4S. The first kappa shape index (κ1) is 20.8. The van der Waals surface area contributed by atoms with Gasteiger partial charge in [-0.3, -0.25) is 9.59 Å². The summed E-state index contributed by atoms with van der Waals surface area (Å²) in [6.45, 7) is 4.37. The Morgan fingerprint density at radius 3 is 2.62 bits per heavy atom. The predicted octanol–water partition coefficient (Wildman–Crippen LogP) is 0.673. The monoisotopic (exact) mass is 359 g/mol. The lowest BCUT2D eigenvalue weighted by Crippen LogP contribution is -2.55. The quantitative estimate of drug-likeness (QED) is 0.558. The van der Waals surface area contributed by atoms with Gasteiger partial charge in [-0.25, -0.2) is 4.79 Å². The molecule has 1 heterocycles. The van der Waals surface area contributed by atoms with Crippen LogP contribution in [0.5, 0.6) is 0 Å². The third kappa shape index (κ3) is 5.37. The largest absolute Gasteiger partial charge is 0.480 e. The van der Waals surface area contributed by atoms with Crippen LogP contribution >= 0.6 is 11.8 Å². The van der Waals surface area contributed by atoms with Crippen molar-refractivity contribution >= 4 is 29.5 Å². The van der Waals surface area contributed by atoms with Gasteiger partial charge in [0.15, 0.2) is 0 Å². The number of thioether (sulfide) groups is 1. The lowest BCUT2D eigenvalue weighted by atomic mass is 9.98. The number of carboxylic acid groups (broad SMARTS) is 1. The van der Waals surface area contributed by atoms with Crippen LogP contribution in [0.15, 0.2) is 0 Å². The SMILES string of the molecule is CCC(C)C(N)C(=O)N1CCCC1C(=O)NC(CCSC)C(=O)O. The molecule has 138 valence electrons. The molecule has 4 unspecified atom stereocenters. The van der Waals surface area contributed by atoms with Gasteiger partial charge in [0.25, 0.3) is 0 Å². The number of nitrogens with one attached hydrogen (secondary N) is 1. The van der Waals surface area contributed by atoms with E-state index in [0.717, 1.165) is 12.8 Å². The Balaban J connectivity index is 2.74. The molecule has 7 nitrogen and oxygen atoms in total. The molecule has 0 saturated carbocycles. The first-order valence-corrected chi connectivity index (χ1v) is 9.81. The first-order valence-electron chi connectivity index (χ1n) is 8.41. The normalized spacial score (nSPS) is 21.2. The molecule has 2 amide bonds. The first-order chi connectivity index (χ1) is 11.3. The van der Waals surface area contributed by atoms with E-state index >= 15 is 0 Å². The summed E-state index contributed by atoms with van der Waals surface area (Å²) in [4.78, 5) is 37.8. The number of carbonyl (C=O) groups is 3. The Labute approximate surface area is 147 Å². The van der Waals surface area contributed by atoms with Gasteiger partial charge < -0.3 is 21.1 Å². The van der Waals surface area contributed by atoms with E-state index in [1.807, 2.05) is 20.1 Å². The highest BCUT2D eigenvalue weighted by Gasteiger charge is 2.38. The highest BCUT2D eigenvalue weighted by Crippen LogP contribution is 2.21. The van der Waals surface area contributed by atoms with Gasteiger partial charge in [-0.15, -0.1) is 0 Å². The Hall–Kier alpha value is -1.28. The number of amides is 2.